The lowest BCUT2D eigenvalue weighted by Crippen LogP contribution is -2.51. The Hall–Kier alpha value is -1.16. The third-order valence-electron chi connectivity index (χ3n) is 3.20. The van der Waals surface area contributed by atoms with Gasteiger partial charge in [0.2, 0.25) is 11.8 Å². The summed E-state index contributed by atoms with van der Waals surface area (Å²) in [5, 5.41) is 1.49. The summed E-state index contributed by atoms with van der Waals surface area (Å²) in [7, 11) is -7.23. The van der Waals surface area contributed by atoms with Crippen LogP contribution < -0.4 is 11.1 Å². The van der Waals surface area contributed by atoms with Gasteiger partial charge in [-0.2, -0.15) is 0 Å². The zero-order valence-electron chi connectivity index (χ0n) is 13.7. The minimum Gasteiger partial charge on any atom is -0.368 e. The Labute approximate surface area is 138 Å². The summed E-state index contributed by atoms with van der Waals surface area (Å²) in [5.41, 5.74) is 5.14. The fraction of sp³-hybridized carbons (Fsp3) is 0.846. The topological polar surface area (TPSA) is 140 Å². The first-order valence-corrected chi connectivity index (χ1v) is 11.2. The molecule has 0 aromatic carbocycles. The summed E-state index contributed by atoms with van der Waals surface area (Å²) in [4.78, 5) is 23.0. The molecule has 0 bridgehead atoms. The molecule has 0 aromatic rings. The standard InChI is InChI=1S/C13H26N2O6S2/c1-4-6-10(7-5-2)23(20,21)8-11(13(14)17)15-12(16)9-22(3,18)19/h10-11H,4-9H2,1-3H3,(H2,14,17)(H,15,16)/t11-/m0/s1. The largest absolute Gasteiger partial charge is 0.368 e. The van der Waals surface area contributed by atoms with E-state index in [9.17, 15) is 26.4 Å². The highest BCUT2D eigenvalue weighted by Gasteiger charge is 2.31. The van der Waals surface area contributed by atoms with E-state index >= 15 is 0 Å². The van der Waals surface area contributed by atoms with E-state index in [1.807, 2.05) is 13.8 Å². The van der Waals surface area contributed by atoms with Crippen LogP contribution >= 0.6 is 0 Å². The molecule has 8 nitrogen and oxygen atoms in total. The van der Waals surface area contributed by atoms with Gasteiger partial charge in [0.05, 0.1) is 11.0 Å². The summed E-state index contributed by atoms with van der Waals surface area (Å²) >= 11 is 0. The molecule has 3 N–H and O–H groups in total. The van der Waals surface area contributed by atoms with Crippen molar-refractivity contribution >= 4 is 31.5 Å². The number of hydrogen-bond acceptors (Lipinski definition) is 6. The Morgan fingerprint density at radius 2 is 1.52 bits per heavy atom. The maximum atomic E-state index is 12.4. The number of nitrogens with one attached hydrogen (secondary N) is 1. The lowest BCUT2D eigenvalue weighted by atomic mass is 10.2. The van der Waals surface area contributed by atoms with Crippen LogP contribution in [0.4, 0.5) is 0 Å². The molecule has 136 valence electrons. The van der Waals surface area contributed by atoms with Gasteiger partial charge in [0.1, 0.15) is 11.8 Å². The Balaban J connectivity index is 5.12. The highest BCUT2D eigenvalue weighted by atomic mass is 32.2. The van der Waals surface area contributed by atoms with Gasteiger partial charge in [0.25, 0.3) is 0 Å². The SMILES string of the molecule is CCCC(CCC)S(=O)(=O)C[C@H](NC(=O)CS(C)(=O)=O)C(N)=O. The van der Waals surface area contributed by atoms with Crippen molar-refractivity contribution in [1.29, 1.82) is 0 Å². The van der Waals surface area contributed by atoms with Gasteiger partial charge in [0, 0.05) is 6.26 Å². The van der Waals surface area contributed by atoms with Crippen molar-refractivity contribution < 1.29 is 26.4 Å². The molecule has 0 saturated heterocycles. The average Bonchev–Trinajstić information content (AvgIpc) is 2.35. The fourth-order valence-electron chi connectivity index (χ4n) is 2.18. The van der Waals surface area contributed by atoms with Crippen molar-refractivity contribution in [3.8, 4) is 0 Å². The van der Waals surface area contributed by atoms with Crippen molar-refractivity contribution in [1.82, 2.24) is 5.32 Å². The number of hydrogen-bond donors (Lipinski definition) is 2. The summed E-state index contributed by atoms with van der Waals surface area (Å²) in [6.07, 6.45) is 3.12. The molecule has 0 saturated carbocycles. The Morgan fingerprint density at radius 3 is 1.87 bits per heavy atom. The summed E-state index contributed by atoms with van der Waals surface area (Å²) in [6, 6.07) is -1.44. The molecule has 0 aliphatic heterocycles. The molecule has 10 heteroatoms. The normalized spacial score (nSPS) is 13.7. The van der Waals surface area contributed by atoms with Gasteiger partial charge in [-0.15, -0.1) is 0 Å². The third kappa shape index (κ3) is 8.89. The average molecular weight is 370 g/mol. The number of carbonyl (C=O) groups excluding carboxylic acids is 2. The molecule has 1 atom stereocenters. The third-order valence-corrected chi connectivity index (χ3v) is 6.27. The molecule has 0 aliphatic carbocycles. The molecule has 23 heavy (non-hydrogen) atoms. The van der Waals surface area contributed by atoms with E-state index in [-0.39, 0.29) is 0 Å². The van der Waals surface area contributed by atoms with Gasteiger partial charge >= 0.3 is 0 Å². The van der Waals surface area contributed by atoms with Gasteiger partial charge in [-0.25, -0.2) is 16.8 Å². The highest BCUT2D eigenvalue weighted by Crippen LogP contribution is 2.16. The first-order valence-electron chi connectivity index (χ1n) is 7.40. The first kappa shape index (κ1) is 21.8. The van der Waals surface area contributed by atoms with Crippen LogP contribution in [0.2, 0.25) is 0 Å². The second-order valence-electron chi connectivity index (χ2n) is 5.62. The molecular weight excluding hydrogens is 344 g/mol. The van der Waals surface area contributed by atoms with E-state index in [0.717, 1.165) is 6.26 Å². The minimum atomic E-state index is -3.65. The first-order chi connectivity index (χ1) is 10.4. The zero-order valence-corrected chi connectivity index (χ0v) is 15.4. The Bertz CT molecular complexity index is 606. The molecular formula is C13H26N2O6S2. The molecule has 0 spiro atoms. The number of primary amides is 1. The van der Waals surface area contributed by atoms with Crippen molar-refractivity contribution in [2.24, 2.45) is 5.73 Å². The van der Waals surface area contributed by atoms with Gasteiger partial charge in [-0.05, 0) is 12.8 Å². The molecule has 2 amide bonds. The molecule has 0 unspecified atom stereocenters. The van der Waals surface area contributed by atoms with E-state index < -0.39 is 54.3 Å². The Morgan fingerprint density at radius 1 is 1.04 bits per heavy atom. The van der Waals surface area contributed by atoms with Crippen molar-refractivity contribution in [3.05, 3.63) is 0 Å². The van der Waals surface area contributed by atoms with E-state index in [4.69, 9.17) is 5.73 Å². The lowest BCUT2D eigenvalue weighted by Gasteiger charge is -2.20. The maximum absolute atomic E-state index is 12.4. The molecule has 0 radical (unpaired) electrons. The van der Waals surface area contributed by atoms with Crippen LogP contribution in [0, 0.1) is 0 Å². The summed E-state index contributed by atoms with van der Waals surface area (Å²) in [5.74, 6) is -3.41. The quantitative estimate of drug-likeness (QED) is 0.497. The molecule has 0 aromatic heterocycles. The fourth-order valence-corrected chi connectivity index (χ4v) is 4.92. The van der Waals surface area contributed by atoms with Crippen molar-refractivity contribution in [2.45, 2.75) is 50.8 Å². The van der Waals surface area contributed by atoms with Crippen LogP contribution in [-0.2, 0) is 29.3 Å². The van der Waals surface area contributed by atoms with Gasteiger partial charge in [0.15, 0.2) is 19.7 Å². The minimum absolute atomic E-state index is 0.457. The van der Waals surface area contributed by atoms with Crippen LogP contribution in [0.5, 0.6) is 0 Å². The van der Waals surface area contributed by atoms with E-state index in [0.29, 0.717) is 25.7 Å². The van der Waals surface area contributed by atoms with Gasteiger partial charge in [-0.1, -0.05) is 26.7 Å². The number of sulfone groups is 2. The Kier molecular flexibility index (Phi) is 8.75. The second kappa shape index (κ2) is 9.21. The predicted molar refractivity (Wildman–Crippen MR) is 88.2 cm³/mol. The molecule has 0 aliphatic rings. The van der Waals surface area contributed by atoms with Crippen LogP contribution in [0.15, 0.2) is 0 Å². The molecule has 0 fully saturated rings. The smallest absolute Gasteiger partial charge is 0.241 e. The number of amides is 2. The maximum Gasteiger partial charge on any atom is 0.241 e. The van der Waals surface area contributed by atoms with Crippen LogP contribution in [-0.4, -0.2) is 57.7 Å². The number of carbonyl (C=O) groups is 2. The van der Waals surface area contributed by atoms with Crippen LogP contribution in [0.1, 0.15) is 39.5 Å². The predicted octanol–water partition coefficient (Wildman–Crippen LogP) is -0.615. The van der Waals surface area contributed by atoms with Gasteiger partial charge in [-0.3, -0.25) is 9.59 Å². The summed E-state index contributed by atoms with van der Waals surface area (Å²) < 4.78 is 47.0. The number of rotatable bonds is 11. The second-order valence-corrected chi connectivity index (χ2v) is 10.1. The van der Waals surface area contributed by atoms with E-state index in [1.165, 1.54) is 0 Å². The van der Waals surface area contributed by atoms with Crippen molar-refractivity contribution in [2.75, 3.05) is 17.8 Å². The molecule has 0 heterocycles. The lowest BCUT2D eigenvalue weighted by molar-refractivity contribution is -0.125. The van der Waals surface area contributed by atoms with Crippen molar-refractivity contribution in [3.63, 3.8) is 0 Å². The van der Waals surface area contributed by atoms with Crippen LogP contribution in [0.3, 0.4) is 0 Å². The van der Waals surface area contributed by atoms with E-state index in [1.54, 1.807) is 0 Å². The van der Waals surface area contributed by atoms with Crippen LogP contribution in [0.25, 0.3) is 0 Å². The number of nitrogens with two attached hydrogens (primary N) is 1. The van der Waals surface area contributed by atoms with E-state index in [2.05, 4.69) is 5.32 Å². The van der Waals surface area contributed by atoms with Gasteiger partial charge < -0.3 is 11.1 Å². The highest BCUT2D eigenvalue weighted by molar-refractivity contribution is 7.92. The summed E-state index contributed by atoms with van der Waals surface area (Å²) in [6.45, 7) is 3.72. The zero-order chi connectivity index (χ0) is 18.3. The monoisotopic (exact) mass is 370 g/mol. The molecule has 0 rings (SSSR count).